The molecule has 0 radical (unpaired) electrons. The van der Waals surface area contributed by atoms with Crippen LogP contribution in [-0.4, -0.2) is 63.4 Å². The number of hydrogen-bond acceptors (Lipinski definition) is 5. The van der Waals surface area contributed by atoms with Gasteiger partial charge in [0, 0.05) is 13.6 Å². The fraction of sp³-hybridized carbons (Fsp3) is 0.381. The summed E-state index contributed by atoms with van der Waals surface area (Å²) in [6.45, 7) is 6.83. The highest BCUT2D eigenvalue weighted by molar-refractivity contribution is 7.89. The Morgan fingerprint density at radius 2 is 1.70 bits per heavy atom. The van der Waals surface area contributed by atoms with E-state index < -0.39 is 28.3 Å². The number of nitrogens with one attached hydrogen (secondary N) is 1. The largest absolute Gasteiger partial charge is 0.490 e. The molecule has 0 unspecified atom stereocenters. The molecular weight excluding hydrogens is 409 g/mol. The summed E-state index contributed by atoms with van der Waals surface area (Å²) < 4.78 is 44.9. The summed E-state index contributed by atoms with van der Waals surface area (Å²) in [5.74, 6) is -0.531. The van der Waals surface area contributed by atoms with Gasteiger partial charge in [-0.25, -0.2) is 12.8 Å². The first-order valence-corrected chi connectivity index (χ1v) is 11.2. The van der Waals surface area contributed by atoms with Crippen molar-refractivity contribution in [2.75, 3.05) is 45.2 Å². The summed E-state index contributed by atoms with van der Waals surface area (Å²) >= 11 is 0. The molecule has 0 spiro atoms. The van der Waals surface area contributed by atoms with Crippen LogP contribution in [0.3, 0.4) is 0 Å². The van der Waals surface area contributed by atoms with Gasteiger partial charge in [0.2, 0.25) is 15.9 Å². The van der Waals surface area contributed by atoms with Crippen molar-refractivity contribution < 1.29 is 22.3 Å². The third-order valence-electron chi connectivity index (χ3n) is 4.61. The zero-order valence-corrected chi connectivity index (χ0v) is 18.3. The molecule has 0 aromatic heterocycles. The number of benzene rings is 2. The maximum atomic E-state index is 13.1. The van der Waals surface area contributed by atoms with Crippen molar-refractivity contribution >= 4 is 21.6 Å². The second-order valence-corrected chi connectivity index (χ2v) is 8.68. The molecule has 7 nitrogen and oxygen atoms in total. The number of sulfonamides is 1. The predicted octanol–water partition coefficient (Wildman–Crippen LogP) is 2.81. The lowest BCUT2D eigenvalue weighted by molar-refractivity contribution is -0.116. The number of rotatable bonds is 11. The van der Waals surface area contributed by atoms with E-state index in [1.54, 1.807) is 24.3 Å². The number of carbonyl (C=O) groups excluding carboxylic acids is 1. The monoisotopic (exact) mass is 437 g/mol. The van der Waals surface area contributed by atoms with Crippen LogP contribution in [0.4, 0.5) is 10.1 Å². The molecule has 2 aromatic rings. The van der Waals surface area contributed by atoms with Gasteiger partial charge in [-0.05, 0) is 49.5 Å². The summed E-state index contributed by atoms with van der Waals surface area (Å²) in [6, 6.07) is 11.4. The fourth-order valence-corrected chi connectivity index (χ4v) is 3.91. The van der Waals surface area contributed by atoms with E-state index in [0.29, 0.717) is 18.0 Å². The van der Waals surface area contributed by atoms with Crippen LogP contribution in [-0.2, 0) is 14.8 Å². The van der Waals surface area contributed by atoms with Crippen LogP contribution in [0.2, 0.25) is 0 Å². The number of hydrogen-bond donors (Lipinski definition) is 1. The minimum absolute atomic E-state index is 0.0839. The summed E-state index contributed by atoms with van der Waals surface area (Å²) in [5, 5.41) is 2.70. The molecule has 1 amide bonds. The normalized spacial score (nSPS) is 11.7. The summed E-state index contributed by atoms with van der Waals surface area (Å²) in [7, 11) is -2.62. The van der Waals surface area contributed by atoms with E-state index in [2.05, 4.69) is 24.1 Å². The van der Waals surface area contributed by atoms with Gasteiger partial charge in [0.05, 0.1) is 17.1 Å². The number of nitrogens with zero attached hydrogens (tertiary/aromatic N) is 2. The van der Waals surface area contributed by atoms with Crippen LogP contribution < -0.4 is 10.1 Å². The Morgan fingerprint density at radius 3 is 2.33 bits per heavy atom. The second kappa shape index (κ2) is 11.1. The molecule has 0 fully saturated rings. The third kappa shape index (κ3) is 6.51. The molecule has 0 aliphatic heterocycles. The lowest BCUT2D eigenvalue weighted by Gasteiger charge is -2.20. The first-order chi connectivity index (χ1) is 14.3. The number of anilines is 1. The van der Waals surface area contributed by atoms with Crippen molar-refractivity contribution in [1.29, 1.82) is 0 Å². The van der Waals surface area contributed by atoms with Crippen LogP contribution in [0, 0.1) is 5.82 Å². The molecule has 1 N–H and O–H groups in total. The van der Waals surface area contributed by atoms with E-state index >= 15 is 0 Å². The van der Waals surface area contributed by atoms with Gasteiger partial charge in [0.15, 0.2) is 0 Å². The van der Waals surface area contributed by atoms with E-state index in [0.717, 1.165) is 48.2 Å². The van der Waals surface area contributed by atoms with Gasteiger partial charge < -0.3 is 15.0 Å². The molecule has 0 bridgehead atoms. The van der Waals surface area contributed by atoms with Gasteiger partial charge in [0.25, 0.3) is 0 Å². The Kier molecular flexibility index (Phi) is 8.76. The van der Waals surface area contributed by atoms with E-state index in [9.17, 15) is 17.6 Å². The smallest absolute Gasteiger partial charge is 0.243 e. The highest BCUT2D eigenvalue weighted by atomic mass is 32.2. The predicted molar refractivity (Wildman–Crippen MR) is 115 cm³/mol. The van der Waals surface area contributed by atoms with Crippen LogP contribution in [0.5, 0.6) is 5.75 Å². The van der Waals surface area contributed by atoms with Gasteiger partial charge in [-0.3, -0.25) is 4.79 Å². The molecule has 0 saturated heterocycles. The topological polar surface area (TPSA) is 79.0 Å². The number of halogens is 1. The van der Waals surface area contributed by atoms with Gasteiger partial charge in [-0.15, -0.1) is 0 Å². The van der Waals surface area contributed by atoms with Crippen LogP contribution >= 0.6 is 0 Å². The third-order valence-corrected chi connectivity index (χ3v) is 6.43. The van der Waals surface area contributed by atoms with Gasteiger partial charge in [-0.1, -0.05) is 26.0 Å². The zero-order valence-electron chi connectivity index (χ0n) is 17.5. The van der Waals surface area contributed by atoms with Crippen LogP contribution in [0.15, 0.2) is 53.4 Å². The minimum atomic E-state index is -3.91. The van der Waals surface area contributed by atoms with Crippen LogP contribution in [0.1, 0.15) is 13.8 Å². The Hall–Kier alpha value is -2.49. The molecule has 0 aliphatic rings. The lowest BCUT2D eigenvalue weighted by Crippen LogP contribution is -2.35. The molecule has 164 valence electrons. The molecular formula is C21H28FN3O4S. The number of carbonyl (C=O) groups is 1. The highest BCUT2D eigenvalue weighted by Crippen LogP contribution is 2.24. The van der Waals surface area contributed by atoms with E-state index in [1.807, 2.05) is 0 Å². The van der Waals surface area contributed by atoms with E-state index in [-0.39, 0.29) is 4.90 Å². The van der Waals surface area contributed by atoms with Gasteiger partial charge in [0.1, 0.15) is 18.2 Å². The zero-order chi connectivity index (χ0) is 22.1. The van der Waals surface area contributed by atoms with Crippen molar-refractivity contribution in [3.8, 4) is 5.75 Å². The molecule has 0 aliphatic carbocycles. The van der Waals surface area contributed by atoms with Gasteiger partial charge >= 0.3 is 0 Å². The summed E-state index contributed by atoms with van der Waals surface area (Å²) in [5.41, 5.74) is 0.467. The maximum absolute atomic E-state index is 13.1. The van der Waals surface area contributed by atoms with Crippen molar-refractivity contribution in [2.24, 2.45) is 0 Å². The minimum Gasteiger partial charge on any atom is -0.490 e. The highest BCUT2D eigenvalue weighted by Gasteiger charge is 2.23. The Labute approximate surface area is 177 Å². The number of para-hydroxylation sites is 2. The number of ether oxygens (including phenoxy) is 1. The van der Waals surface area contributed by atoms with Crippen LogP contribution in [0.25, 0.3) is 0 Å². The van der Waals surface area contributed by atoms with Crippen molar-refractivity contribution in [3.05, 3.63) is 54.3 Å². The molecule has 2 aromatic carbocycles. The van der Waals surface area contributed by atoms with Crippen molar-refractivity contribution in [3.63, 3.8) is 0 Å². The molecule has 30 heavy (non-hydrogen) atoms. The standard InChI is InChI=1S/C21H28FN3O4S/c1-4-25(5-2)14-15-29-20-9-7-6-8-19(20)23-21(26)16-24(3)30(27,28)18-12-10-17(22)11-13-18/h6-13H,4-5,14-16H2,1-3H3,(H,23,26). The van der Waals surface area contributed by atoms with Gasteiger partial charge in [-0.2, -0.15) is 4.31 Å². The first kappa shape index (κ1) is 23.8. The fourth-order valence-electron chi connectivity index (χ4n) is 2.78. The average Bonchev–Trinajstić information content (AvgIpc) is 2.72. The lowest BCUT2D eigenvalue weighted by atomic mass is 10.3. The average molecular weight is 438 g/mol. The number of amides is 1. The summed E-state index contributed by atoms with van der Waals surface area (Å²) in [4.78, 5) is 14.6. The molecule has 0 heterocycles. The summed E-state index contributed by atoms with van der Waals surface area (Å²) in [6.07, 6.45) is 0. The SMILES string of the molecule is CCN(CC)CCOc1ccccc1NC(=O)CN(C)S(=O)(=O)c1ccc(F)cc1. The van der Waals surface area contributed by atoms with Crippen molar-refractivity contribution in [2.45, 2.75) is 18.7 Å². The maximum Gasteiger partial charge on any atom is 0.243 e. The Morgan fingerprint density at radius 1 is 1.07 bits per heavy atom. The van der Waals surface area contributed by atoms with Crippen molar-refractivity contribution in [1.82, 2.24) is 9.21 Å². The van der Waals surface area contributed by atoms with E-state index in [4.69, 9.17) is 4.74 Å². The molecule has 2 rings (SSSR count). The second-order valence-electron chi connectivity index (χ2n) is 6.63. The first-order valence-electron chi connectivity index (χ1n) is 9.73. The van der Waals surface area contributed by atoms with E-state index in [1.165, 1.54) is 7.05 Å². The number of likely N-dealkylation sites (N-methyl/N-ethyl adjacent to an activating group) is 2. The Balaban J connectivity index is 2.00. The Bertz CT molecular complexity index is 932. The quantitative estimate of drug-likeness (QED) is 0.585. The molecule has 0 saturated carbocycles. The molecule has 9 heteroatoms. The molecule has 0 atom stereocenters.